The van der Waals surface area contributed by atoms with Gasteiger partial charge in [0.25, 0.3) is 5.79 Å². The molecule has 1 saturated heterocycles. The molecule has 3 heterocycles. The number of cyclic esters (lactones) is 2. The van der Waals surface area contributed by atoms with Gasteiger partial charge in [0.1, 0.15) is 5.57 Å². The van der Waals surface area contributed by atoms with Gasteiger partial charge in [-0.15, -0.1) is 0 Å². The van der Waals surface area contributed by atoms with Gasteiger partial charge in [-0.05, 0) is 40.8 Å². The lowest BCUT2D eigenvalue weighted by Gasteiger charge is -2.29. The van der Waals surface area contributed by atoms with Gasteiger partial charge in [-0.25, -0.2) is 9.59 Å². The van der Waals surface area contributed by atoms with Crippen LogP contribution < -0.4 is 0 Å². The first-order chi connectivity index (χ1) is 12.9. The molecular formula is C21H18N2O4. The zero-order chi connectivity index (χ0) is 19.0. The molecule has 0 unspecified atom stereocenters. The van der Waals surface area contributed by atoms with Gasteiger partial charge in [0.2, 0.25) is 0 Å². The summed E-state index contributed by atoms with van der Waals surface area (Å²) in [6, 6.07) is 11.7. The summed E-state index contributed by atoms with van der Waals surface area (Å²) in [4.78, 5) is 28.4. The highest BCUT2D eigenvalue weighted by Crippen LogP contribution is 2.25. The van der Waals surface area contributed by atoms with E-state index in [0.29, 0.717) is 6.54 Å². The average molecular weight is 362 g/mol. The van der Waals surface area contributed by atoms with E-state index in [1.807, 2.05) is 48.8 Å². The summed E-state index contributed by atoms with van der Waals surface area (Å²) >= 11 is 0. The molecule has 2 aromatic heterocycles. The number of aromatic nitrogens is 2. The Bertz CT molecular complexity index is 1040. The number of ether oxygens (including phenoxy) is 2. The van der Waals surface area contributed by atoms with E-state index in [4.69, 9.17) is 9.47 Å². The first-order valence-electron chi connectivity index (χ1n) is 8.57. The third kappa shape index (κ3) is 3.46. The summed E-state index contributed by atoms with van der Waals surface area (Å²) in [5, 5.41) is 1.07. The number of esters is 2. The van der Waals surface area contributed by atoms with Crippen LogP contribution in [0.5, 0.6) is 0 Å². The van der Waals surface area contributed by atoms with Crippen molar-refractivity contribution >= 4 is 28.9 Å². The molecule has 0 saturated carbocycles. The number of fused-ring (bicyclic) bond motifs is 1. The van der Waals surface area contributed by atoms with Crippen LogP contribution in [0.15, 0.2) is 60.6 Å². The summed E-state index contributed by atoms with van der Waals surface area (Å²) in [6.45, 7) is 3.73. The number of pyridine rings is 1. The molecule has 0 N–H and O–H groups in total. The van der Waals surface area contributed by atoms with Crippen molar-refractivity contribution in [3.63, 3.8) is 0 Å². The molecule has 1 fully saturated rings. The second-order valence-electron chi connectivity index (χ2n) is 6.86. The monoisotopic (exact) mass is 362 g/mol. The maximum Gasteiger partial charge on any atom is 0.348 e. The predicted octanol–water partition coefficient (Wildman–Crippen LogP) is 3.30. The van der Waals surface area contributed by atoms with E-state index in [2.05, 4.69) is 9.55 Å². The van der Waals surface area contributed by atoms with Crippen LogP contribution in [-0.4, -0.2) is 27.3 Å². The van der Waals surface area contributed by atoms with E-state index in [-0.39, 0.29) is 5.57 Å². The van der Waals surface area contributed by atoms with E-state index in [9.17, 15) is 9.59 Å². The molecule has 0 spiro atoms. The molecule has 4 rings (SSSR count). The highest BCUT2D eigenvalue weighted by Gasteiger charge is 2.38. The standard InChI is InChI=1S/C21H18N2O4/c1-21(2)26-19(24)17(20(25)27-21)10-14-5-6-16-7-9-23(18(16)11-14)13-15-4-3-8-22-12-15/h3-12H,13H2,1-2H3. The molecule has 1 aromatic carbocycles. The van der Waals surface area contributed by atoms with E-state index in [1.54, 1.807) is 6.20 Å². The maximum absolute atomic E-state index is 12.1. The van der Waals surface area contributed by atoms with Crippen molar-refractivity contribution in [3.8, 4) is 0 Å². The van der Waals surface area contributed by atoms with Gasteiger partial charge in [0.15, 0.2) is 0 Å². The molecule has 3 aromatic rings. The predicted molar refractivity (Wildman–Crippen MR) is 99.5 cm³/mol. The summed E-state index contributed by atoms with van der Waals surface area (Å²) in [5.74, 6) is -2.60. The van der Waals surface area contributed by atoms with E-state index in [0.717, 1.165) is 22.0 Å². The van der Waals surface area contributed by atoms with Gasteiger partial charge in [-0.2, -0.15) is 0 Å². The molecule has 1 aliphatic heterocycles. The van der Waals surface area contributed by atoms with Crippen LogP contribution in [0.3, 0.4) is 0 Å². The number of hydrogen-bond donors (Lipinski definition) is 0. The van der Waals surface area contributed by atoms with Gasteiger partial charge in [0.05, 0.1) is 0 Å². The van der Waals surface area contributed by atoms with Crippen molar-refractivity contribution < 1.29 is 19.1 Å². The van der Waals surface area contributed by atoms with Gasteiger partial charge in [-0.1, -0.05) is 18.2 Å². The molecule has 0 bridgehead atoms. The van der Waals surface area contributed by atoms with Crippen LogP contribution in [0.4, 0.5) is 0 Å². The Morgan fingerprint density at radius 3 is 2.59 bits per heavy atom. The topological polar surface area (TPSA) is 70.4 Å². The zero-order valence-corrected chi connectivity index (χ0v) is 15.0. The summed E-state index contributed by atoms with van der Waals surface area (Å²) in [7, 11) is 0. The van der Waals surface area contributed by atoms with Crippen molar-refractivity contribution in [2.75, 3.05) is 0 Å². The third-order valence-corrected chi connectivity index (χ3v) is 4.30. The molecule has 0 aliphatic carbocycles. The van der Waals surface area contributed by atoms with Crippen LogP contribution >= 0.6 is 0 Å². The molecule has 6 nitrogen and oxygen atoms in total. The summed E-state index contributed by atoms with van der Waals surface area (Å²) in [6.07, 6.45) is 7.07. The van der Waals surface area contributed by atoms with Gasteiger partial charge in [-0.3, -0.25) is 4.98 Å². The lowest BCUT2D eigenvalue weighted by molar-refractivity contribution is -0.222. The molecule has 136 valence electrons. The fourth-order valence-electron chi connectivity index (χ4n) is 3.06. The lowest BCUT2D eigenvalue weighted by atomic mass is 10.1. The number of benzene rings is 1. The minimum Gasteiger partial charge on any atom is -0.419 e. The number of nitrogens with zero attached hydrogens (tertiary/aromatic N) is 2. The maximum atomic E-state index is 12.1. The number of rotatable bonds is 3. The number of hydrogen-bond acceptors (Lipinski definition) is 5. The molecule has 1 aliphatic rings. The van der Waals surface area contributed by atoms with Gasteiger partial charge in [0, 0.05) is 44.5 Å². The SMILES string of the molecule is CC1(C)OC(=O)C(=Cc2ccc3ccn(Cc4cccnc4)c3c2)C(=O)O1. The normalized spacial score (nSPS) is 16.1. The first-order valence-corrected chi connectivity index (χ1v) is 8.57. The molecular weight excluding hydrogens is 344 g/mol. The number of carbonyl (C=O) groups is 2. The van der Waals surface area contributed by atoms with Crippen molar-refractivity contribution in [2.45, 2.75) is 26.2 Å². The summed E-state index contributed by atoms with van der Waals surface area (Å²) in [5.41, 5.74) is 2.68. The highest BCUT2D eigenvalue weighted by atomic mass is 16.7. The molecule has 0 radical (unpaired) electrons. The zero-order valence-electron chi connectivity index (χ0n) is 15.0. The van der Waals surface area contributed by atoms with Crippen molar-refractivity contribution in [1.82, 2.24) is 9.55 Å². The largest absolute Gasteiger partial charge is 0.419 e. The fraction of sp³-hybridized carbons (Fsp3) is 0.190. The van der Waals surface area contributed by atoms with Crippen LogP contribution in [0.2, 0.25) is 0 Å². The van der Waals surface area contributed by atoms with Crippen LogP contribution in [0, 0.1) is 0 Å². The second kappa shape index (κ2) is 6.39. The van der Waals surface area contributed by atoms with Crippen molar-refractivity contribution in [2.24, 2.45) is 0 Å². The second-order valence-corrected chi connectivity index (χ2v) is 6.86. The minimum atomic E-state index is -1.24. The van der Waals surface area contributed by atoms with Crippen LogP contribution in [-0.2, 0) is 25.6 Å². The van der Waals surface area contributed by atoms with Crippen LogP contribution in [0.1, 0.15) is 25.0 Å². The highest BCUT2D eigenvalue weighted by molar-refractivity contribution is 6.19. The van der Waals surface area contributed by atoms with Crippen LogP contribution in [0.25, 0.3) is 17.0 Å². The van der Waals surface area contributed by atoms with Gasteiger partial charge >= 0.3 is 11.9 Å². The third-order valence-electron chi connectivity index (χ3n) is 4.30. The lowest BCUT2D eigenvalue weighted by Crippen LogP contribution is -2.41. The molecule has 0 amide bonds. The Hall–Kier alpha value is -3.41. The smallest absolute Gasteiger partial charge is 0.348 e. The Morgan fingerprint density at radius 1 is 1.11 bits per heavy atom. The molecule has 6 heteroatoms. The van der Waals surface area contributed by atoms with Crippen molar-refractivity contribution in [3.05, 3.63) is 71.7 Å². The van der Waals surface area contributed by atoms with E-state index < -0.39 is 17.7 Å². The Morgan fingerprint density at radius 2 is 1.89 bits per heavy atom. The molecule has 0 atom stereocenters. The Balaban J connectivity index is 1.68. The minimum absolute atomic E-state index is 0.112. The Kier molecular flexibility index (Phi) is 4.03. The quantitative estimate of drug-likeness (QED) is 0.406. The Labute approximate surface area is 156 Å². The van der Waals surface area contributed by atoms with E-state index >= 15 is 0 Å². The van der Waals surface area contributed by atoms with E-state index in [1.165, 1.54) is 19.9 Å². The van der Waals surface area contributed by atoms with Crippen molar-refractivity contribution in [1.29, 1.82) is 0 Å². The average Bonchev–Trinajstić information content (AvgIpc) is 3.00. The molecule has 27 heavy (non-hydrogen) atoms. The number of carbonyl (C=O) groups excluding carboxylic acids is 2. The fourth-order valence-corrected chi connectivity index (χ4v) is 3.06. The summed E-state index contributed by atoms with van der Waals surface area (Å²) < 4.78 is 12.4. The first kappa shape index (κ1) is 17.0. The van der Waals surface area contributed by atoms with Gasteiger partial charge < -0.3 is 14.0 Å².